The maximum absolute atomic E-state index is 12.7. The van der Waals surface area contributed by atoms with Gasteiger partial charge in [0.15, 0.2) is 0 Å². The van der Waals surface area contributed by atoms with Crippen LogP contribution in [0.2, 0.25) is 0 Å². The fourth-order valence-electron chi connectivity index (χ4n) is 4.41. The van der Waals surface area contributed by atoms with Crippen LogP contribution in [0.5, 0.6) is 0 Å². The number of piperidine rings is 1. The van der Waals surface area contributed by atoms with E-state index < -0.39 is 0 Å². The van der Waals surface area contributed by atoms with E-state index in [0.717, 1.165) is 43.6 Å². The minimum absolute atomic E-state index is 0.0778. The van der Waals surface area contributed by atoms with Crippen LogP contribution in [-0.2, 0) is 16.0 Å². The third-order valence-electron chi connectivity index (χ3n) is 6.49. The monoisotopic (exact) mass is 440 g/mol. The fraction of sp³-hybridized carbons (Fsp3) is 0.417. The summed E-state index contributed by atoms with van der Waals surface area (Å²) < 4.78 is 0. The second kappa shape index (κ2) is 9.06. The molecule has 2 aliphatic rings. The summed E-state index contributed by atoms with van der Waals surface area (Å²) in [6.45, 7) is 1.52. The highest BCUT2D eigenvalue weighted by Crippen LogP contribution is 2.59. The molecule has 2 amide bonds. The number of rotatable bonds is 6. The van der Waals surface area contributed by atoms with Crippen molar-refractivity contribution in [3.8, 4) is 0 Å². The van der Waals surface area contributed by atoms with E-state index >= 15 is 0 Å². The van der Waals surface area contributed by atoms with E-state index in [4.69, 9.17) is 0 Å². The summed E-state index contributed by atoms with van der Waals surface area (Å²) in [5.74, 6) is 0.395. The molecule has 1 saturated heterocycles. The summed E-state index contributed by atoms with van der Waals surface area (Å²) in [4.78, 5) is 29.8. The number of hydrogen-bond donors (Lipinski definition) is 1. The van der Waals surface area contributed by atoms with Gasteiger partial charge in [-0.05, 0) is 79.2 Å². The van der Waals surface area contributed by atoms with Crippen molar-refractivity contribution in [3.05, 3.63) is 54.1 Å². The van der Waals surface area contributed by atoms with E-state index in [1.807, 2.05) is 47.6 Å². The van der Waals surface area contributed by atoms with Crippen LogP contribution in [0.1, 0.15) is 24.8 Å². The van der Waals surface area contributed by atoms with Gasteiger partial charge in [-0.2, -0.15) is 0 Å². The maximum atomic E-state index is 12.7. The summed E-state index contributed by atoms with van der Waals surface area (Å²) in [5.41, 5.74) is 2.02. The van der Waals surface area contributed by atoms with Crippen LogP contribution in [0, 0.1) is 11.3 Å². The Morgan fingerprint density at radius 3 is 2.10 bits per heavy atom. The molecule has 1 aliphatic carbocycles. The molecule has 0 aromatic heterocycles. The molecular weight excluding hydrogens is 412 g/mol. The lowest BCUT2D eigenvalue weighted by molar-refractivity contribution is -0.132. The highest BCUT2D eigenvalue weighted by atomic mass is 32.2. The van der Waals surface area contributed by atoms with E-state index in [9.17, 15) is 9.59 Å². The zero-order valence-electron chi connectivity index (χ0n) is 17.5. The first-order chi connectivity index (χ1) is 14.5. The molecule has 1 saturated carbocycles. The van der Waals surface area contributed by atoms with Crippen LogP contribution >= 0.6 is 23.5 Å². The second-order valence-electron chi connectivity index (χ2n) is 8.24. The van der Waals surface area contributed by atoms with Crippen LogP contribution in [0.25, 0.3) is 0 Å². The number of likely N-dealkylation sites (tertiary alicyclic amines) is 1. The van der Waals surface area contributed by atoms with Gasteiger partial charge < -0.3 is 10.2 Å². The zero-order valence-corrected chi connectivity index (χ0v) is 19.2. The van der Waals surface area contributed by atoms with E-state index in [-0.39, 0.29) is 23.1 Å². The summed E-state index contributed by atoms with van der Waals surface area (Å²) >= 11 is 3.40. The van der Waals surface area contributed by atoms with Gasteiger partial charge in [0.05, 0.1) is 6.42 Å². The van der Waals surface area contributed by atoms with Gasteiger partial charge in [-0.25, -0.2) is 0 Å². The van der Waals surface area contributed by atoms with Gasteiger partial charge in [0.25, 0.3) is 0 Å². The molecule has 30 heavy (non-hydrogen) atoms. The molecule has 4 rings (SSSR count). The number of carbonyl (C=O) groups is 2. The third-order valence-corrected chi connectivity index (χ3v) is 7.98. The largest absolute Gasteiger partial charge is 0.342 e. The molecule has 4 nitrogen and oxygen atoms in total. The lowest BCUT2D eigenvalue weighted by Crippen LogP contribution is -2.41. The Morgan fingerprint density at radius 1 is 0.967 bits per heavy atom. The van der Waals surface area contributed by atoms with Crippen molar-refractivity contribution >= 4 is 41.0 Å². The summed E-state index contributed by atoms with van der Waals surface area (Å²) in [6.07, 6.45) is 7.34. The number of benzene rings is 2. The van der Waals surface area contributed by atoms with Crippen molar-refractivity contribution in [3.63, 3.8) is 0 Å². The van der Waals surface area contributed by atoms with E-state index in [2.05, 4.69) is 23.7 Å². The molecule has 1 atom stereocenters. The van der Waals surface area contributed by atoms with Crippen molar-refractivity contribution in [2.75, 3.05) is 30.9 Å². The average molecular weight is 441 g/mol. The van der Waals surface area contributed by atoms with Crippen LogP contribution in [-0.4, -0.2) is 42.3 Å². The molecular formula is C24H28N2O2S2. The molecule has 1 N–H and O–H groups in total. The number of amides is 2. The van der Waals surface area contributed by atoms with E-state index in [1.54, 1.807) is 23.5 Å². The van der Waals surface area contributed by atoms with Crippen molar-refractivity contribution in [2.45, 2.75) is 35.5 Å². The van der Waals surface area contributed by atoms with E-state index in [0.29, 0.717) is 6.42 Å². The SMILES string of the molecule is CSc1ccc(CC(=O)N2CCC3(CC2)CC3C(=O)Nc2ccc(SC)cc2)cc1. The molecule has 0 radical (unpaired) electrons. The number of anilines is 1. The molecule has 1 heterocycles. The lowest BCUT2D eigenvalue weighted by atomic mass is 9.90. The smallest absolute Gasteiger partial charge is 0.228 e. The van der Waals surface area contributed by atoms with Gasteiger partial charge in [-0.1, -0.05) is 12.1 Å². The van der Waals surface area contributed by atoms with Gasteiger partial charge in [-0.3, -0.25) is 9.59 Å². The predicted octanol–water partition coefficient (Wildman–Crippen LogP) is 4.94. The van der Waals surface area contributed by atoms with E-state index in [1.165, 1.54) is 9.79 Å². The van der Waals surface area contributed by atoms with Crippen molar-refractivity contribution in [1.82, 2.24) is 4.90 Å². The number of nitrogens with one attached hydrogen (secondary N) is 1. The van der Waals surface area contributed by atoms with Crippen LogP contribution in [0.4, 0.5) is 5.69 Å². The zero-order chi connectivity index (χ0) is 21.1. The number of nitrogens with zero attached hydrogens (tertiary/aromatic N) is 1. The Labute approximate surface area is 187 Å². The molecule has 0 bridgehead atoms. The van der Waals surface area contributed by atoms with Crippen molar-refractivity contribution < 1.29 is 9.59 Å². The van der Waals surface area contributed by atoms with Crippen LogP contribution in [0.15, 0.2) is 58.3 Å². The number of thioether (sulfide) groups is 2. The molecule has 1 spiro atoms. The Bertz CT molecular complexity index is 904. The molecule has 158 valence electrons. The first-order valence-electron chi connectivity index (χ1n) is 10.4. The predicted molar refractivity (Wildman–Crippen MR) is 125 cm³/mol. The normalized spacial score (nSPS) is 19.5. The van der Waals surface area contributed by atoms with Crippen molar-refractivity contribution in [1.29, 1.82) is 0 Å². The maximum Gasteiger partial charge on any atom is 0.228 e. The lowest BCUT2D eigenvalue weighted by Gasteiger charge is -2.33. The van der Waals surface area contributed by atoms with Gasteiger partial charge in [0, 0.05) is 34.5 Å². The second-order valence-corrected chi connectivity index (χ2v) is 10.0. The molecule has 1 unspecified atom stereocenters. The average Bonchev–Trinajstić information content (AvgIpc) is 3.48. The van der Waals surface area contributed by atoms with Crippen LogP contribution in [0.3, 0.4) is 0 Å². The molecule has 6 heteroatoms. The van der Waals surface area contributed by atoms with Crippen LogP contribution < -0.4 is 5.32 Å². The molecule has 2 fully saturated rings. The summed E-state index contributed by atoms with van der Waals surface area (Å²) in [6, 6.07) is 16.2. The first-order valence-corrected chi connectivity index (χ1v) is 12.8. The Balaban J connectivity index is 1.26. The highest BCUT2D eigenvalue weighted by molar-refractivity contribution is 7.98. The Kier molecular flexibility index (Phi) is 6.44. The molecule has 2 aromatic carbocycles. The fourth-order valence-corrected chi connectivity index (χ4v) is 5.22. The number of carbonyl (C=O) groups excluding carboxylic acids is 2. The quantitative estimate of drug-likeness (QED) is 0.647. The number of hydrogen-bond acceptors (Lipinski definition) is 4. The van der Waals surface area contributed by atoms with Crippen molar-refractivity contribution in [2.24, 2.45) is 11.3 Å². The Morgan fingerprint density at radius 2 is 1.53 bits per heavy atom. The van der Waals surface area contributed by atoms with Gasteiger partial charge >= 0.3 is 0 Å². The standard InChI is InChI=1S/C24H28N2O2S2/c1-29-19-7-3-17(4-8-19)15-22(27)26-13-11-24(12-14-26)16-21(24)23(28)25-18-5-9-20(30-2)10-6-18/h3-10,21H,11-16H2,1-2H3,(H,25,28). The van der Waals surface area contributed by atoms with Gasteiger partial charge in [0.1, 0.15) is 0 Å². The topological polar surface area (TPSA) is 49.4 Å². The minimum Gasteiger partial charge on any atom is -0.342 e. The molecule has 1 aliphatic heterocycles. The third kappa shape index (κ3) is 4.70. The summed E-state index contributed by atoms with van der Waals surface area (Å²) in [5, 5.41) is 3.07. The van der Waals surface area contributed by atoms with Gasteiger partial charge in [-0.15, -0.1) is 23.5 Å². The Hall–Kier alpha value is -1.92. The summed E-state index contributed by atoms with van der Waals surface area (Å²) in [7, 11) is 0. The van der Waals surface area contributed by atoms with Gasteiger partial charge in [0.2, 0.25) is 11.8 Å². The minimum atomic E-state index is 0.0778. The highest BCUT2D eigenvalue weighted by Gasteiger charge is 2.58. The first kappa shape index (κ1) is 21.3. The molecule has 2 aromatic rings.